The van der Waals surface area contributed by atoms with Gasteiger partial charge in [-0.2, -0.15) is 0 Å². The summed E-state index contributed by atoms with van der Waals surface area (Å²) >= 11 is 0. The third-order valence-electron chi connectivity index (χ3n) is 4.13. The van der Waals surface area contributed by atoms with Crippen LogP contribution in [0.25, 0.3) is 32.3 Å². The first-order chi connectivity index (χ1) is 11.9. The molecule has 122 valence electrons. The van der Waals surface area contributed by atoms with E-state index in [0.29, 0.717) is 0 Å². The first-order valence-electron chi connectivity index (χ1n) is 6.98. The molecule has 0 amide bonds. The minimum Gasteiger partial charge on any atom is -0.386 e. The maximum absolute atomic E-state index is 12.2. The molecule has 1 heterocycles. The fourth-order valence-electron chi connectivity index (χ4n) is 3.11. The van der Waals surface area contributed by atoms with Gasteiger partial charge < -0.3 is 4.42 Å². The van der Waals surface area contributed by atoms with Crippen molar-refractivity contribution in [2.75, 3.05) is 0 Å². The van der Waals surface area contributed by atoms with Gasteiger partial charge in [0.1, 0.15) is 0 Å². The third-order valence-corrected chi connectivity index (χ3v) is 4.13. The molecule has 4 aromatic rings. The van der Waals surface area contributed by atoms with Crippen LogP contribution >= 0.6 is 0 Å². The second-order valence-corrected chi connectivity index (χ2v) is 5.37. The summed E-state index contributed by atoms with van der Waals surface area (Å²) in [5.74, 6) is 0. The lowest BCUT2D eigenvalue weighted by molar-refractivity contribution is -0.383. The molecule has 9 nitrogen and oxygen atoms in total. The van der Waals surface area contributed by atoms with Crippen LogP contribution in [0.15, 0.2) is 50.4 Å². The summed E-state index contributed by atoms with van der Waals surface area (Å²) in [5.41, 5.74) is -2.48. The summed E-state index contributed by atoms with van der Waals surface area (Å²) in [7, 11) is 0. The van der Waals surface area contributed by atoms with Crippen LogP contribution in [0.3, 0.4) is 0 Å². The fourth-order valence-corrected chi connectivity index (χ4v) is 3.11. The number of nitro benzene ring substituents is 2. The Kier molecular flexibility index (Phi) is 2.83. The summed E-state index contributed by atoms with van der Waals surface area (Å²) in [5, 5.41) is 22.9. The molecule has 0 atom stereocenters. The van der Waals surface area contributed by atoms with Crippen molar-refractivity contribution in [2.24, 2.45) is 0 Å². The number of non-ortho nitro benzene ring substituents is 2. The van der Waals surface area contributed by atoms with Crippen molar-refractivity contribution in [1.82, 2.24) is 0 Å². The van der Waals surface area contributed by atoms with Crippen LogP contribution < -0.4 is 11.3 Å². The molecule has 0 bridgehead atoms. The Balaban J connectivity index is 2.49. The Bertz CT molecular complexity index is 1240. The lowest BCUT2D eigenvalue weighted by atomic mass is 9.96. The largest absolute Gasteiger partial charge is 0.386 e. The molecule has 0 aliphatic heterocycles. The number of nitrogens with zero attached hydrogens (tertiary/aromatic N) is 2. The van der Waals surface area contributed by atoms with E-state index in [1.807, 2.05) is 0 Å². The minimum atomic E-state index is -0.962. The van der Waals surface area contributed by atoms with Crippen LogP contribution in [0.2, 0.25) is 0 Å². The van der Waals surface area contributed by atoms with Gasteiger partial charge in [-0.25, -0.2) is 9.59 Å². The zero-order chi connectivity index (χ0) is 17.9. The Morgan fingerprint density at radius 3 is 1.36 bits per heavy atom. The lowest BCUT2D eigenvalue weighted by Crippen LogP contribution is -2.04. The highest BCUT2D eigenvalue weighted by molar-refractivity contribution is 6.24. The fraction of sp³-hybridized carbons (Fsp3) is 0. The van der Waals surface area contributed by atoms with E-state index >= 15 is 0 Å². The highest BCUT2D eigenvalue weighted by Gasteiger charge is 2.23. The standard InChI is InChI=1S/C16H6N2O7/c19-15-9-3-5-11(17(21)22)7-1-2-8-12(18(23)24)6-4-10(16(20)25-15)14(8)13(7)9/h1-6H. The Morgan fingerprint density at radius 2 is 1.00 bits per heavy atom. The number of hydrogen-bond donors (Lipinski definition) is 0. The van der Waals surface area contributed by atoms with Crippen molar-refractivity contribution >= 4 is 43.7 Å². The average Bonchev–Trinajstić information content (AvgIpc) is 2.68. The molecular weight excluding hydrogens is 332 g/mol. The van der Waals surface area contributed by atoms with E-state index in [9.17, 15) is 29.8 Å². The van der Waals surface area contributed by atoms with Crippen LogP contribution in [-0.4, -0.2) is 9.85 Å². The summed E-state index contributed by atoms with van der Waals surface area (Å²) < 4.78 is 4.76. The Hall–Kier alpha value is -3.88. The number of hydrogen-bond acceptors (Lipinski definition) is 7. The van der Waals surface area contributed by atoms with E-state index in [-0.39, 0.29) is 43.7 Å². The molecule has 0 radical (unpaired) electrons. The minimum absolute atomic E-state index is 0.0567. The molecule has 1 aromatic heterocycles. The van der Waals surface area contributed by atoms with Gasteiger partial charge >= 0.3 is 11.3 Å². The molecule has 0 unspecified atom stereocenters. The van der Waals surface area contributed by atoms with E-state index in [0.717, 1.165) is 12.1 Å². The number of rotatable bonds is 2. The van der Waals surface area contributed by atoms with Crippen LogP contribution in [0.1, 0.15) is 0 Å². The molecule has 0 aliphatic rings. The van der Waals surface area contributed by atoms with Crippen LogP contribution in [0.4, 0.5) is 11.4 Å². The quantitative estimate of drug-likeness (QED) is 0.311. The van der Waals surface area contributed by atoms with Crippen molar-refractivity contribution in [3.05, 3.63) is 77.5 Å². The zero-order valence-electron chi connectivity index (χ0n) is 12.2. The second-order valence-electron chi connectivity index (χ2n) is 5.37. The van der Waals surface area contributed by atoms with Crippen molar-refractivity contribution < 1.29 is 14.3 Å². The normalized spacial score (nSPS) is 11.4. The van der Waals surface area contributed by atoms with E-state index in [4.69, 9.17) is 4.42 Å². The monoisotopic (exact) mass is 338 g/mol. The molecule has 0 saturated carbocycles. The van der Waals surface area contributed by atoms with E-state index < -0.39 is 21.1 Å². The molecule has 0 aliphatic carbocycles. The number of nitro groups is 2. The number of benzene rings is 3. The van der Waals surface area contributed by atoms with E-state index in [1.54, 1.807) is 0 Å². The molecule has 0 spiro atoms. The Labute approximate surface area is 136 Å². The predicted octanol–water partition coefficient (Wildman–Crippen LogP) is 2.71. The van der Waals surface area contributed by atoms with Gasteiger partial charge in [0.2, 0.25) is 0 Å². The summed E-state index contributed by atoms with van der Waals surface area (Å²) in [6, 6.07) is 7.31. The molecule has 0 N–H and O–H groups in total. The third kappa shape index (κ3) is 1.89. The molecule has 0 fully saturated rings. The van der Waals surface area contributed by atoms with Crippen LogP contribution in [0, 0.1) is 20.2 Å². The molecule has 25 heavy (non-hydrogen) atoms. The maximum Gasteiger partial charge on any atom is 0.346 e. The van der Waals surface area contributed by atoms with Gasteiger partial charge in [0.15, 0.2) is 0 Å². The second kappa shape index (κ2) is 4.81. The van der Waals surface area contributed by atoms with Crippen LogP contribution in [0.5, 0.6) is 0 Å². The van der Waals surface area contributed by atoms with Gasteiger partial charge in [-0.1, -0.05) is 0 Å². The molecular formula is C16H6N2O7. The summed E-state index contributed by atoms with van der Waals surface area (Å²) in [4.78, 5) is 45.7. The topological polar surface area (TPSA) is 134 Å². The predicted molar refractivity (Wildman–Crippen MR) is 88.3 cm³/mol. The molecule has 3 aromatic carbocycles. The first-order valence-corrected chi connectivity index (χ1v) is 6.98. The first kappa shape index (κ1) is 14.7. The van der Waals surface area contributed by atoms with Crippen molar-refractivity contribution in [1.29, 1.82) is 0 Å². The summed E-state index contributed by atoms with van der Waals surface area (Å²) in [6.07, 6.45) is 0. The van der Waals surface area contributed by atoms with Crippen LogP contribution in [-0.2, 0) is 0 Å². The highest BCUT2D eigenvalue weighted by Crippen LogP contribution is 2.38. The van der Waals surface area contributed by atoms with Gasteiger partial charge in [0, 0.05) is 22.9 Å². The van der Waals surface area contributed by atoms with E-state index in [2.05, 4.69) is 0 Å². The summed E-state index contributed by atoms with van der Waals surface area (Å²) in [6.45, 7) is 0. The van der Waals surface area contributed by atoms with E-state index in [1.165, 1.54) is 24.3 Å². The zero-order valence-corrected chi connectivity index (χ0v) is 12.2. The van der Waals surface area contributed by atoms with Gasteiger partial charge in [-0.05, 0) is 24.3 Å². The van der Waals surface area contributed by atoms with Gasteiger partial charge in [0.25, 0.3) is 11.4 Å². The van der Waals surface area contributed by atoms with Gasteiger partial charge in [-0.15, -0.1) is 0 Å². The van der Waals surface area contributed by atoms with Crippen molar-refractivity contribution in [3.63, 3.8) is 0 Å². The average molecular weight is 338 g/mol. The highest BCUT2D eigenvalue weighted by atomic mass is 16.6. The lowest BCUT2D eigenvalue weighted by Gasteiger charge is -2.06. The van der Waals surface area contributed by atoms with Crippen molar-refractivity contribution in [2.45, 2.75) is 0 Å². The molecule has 0 saturated heterocycles. The van der Waals surface area contributed by atoms with Gasteiger partial charge in [0.05, 0.1) is 31.4 Å². The molecule has 4 rings (SSSR count). The maximum atomic E-state index is 12.2. The van der Waals surface area contributed by atoms with Gasteiger partial charge in [-0.3, -0.25) is 20.2 Å². The SMILES string of the molecule is O=c1oc(=O)c2ccc([N+](=O)[O-])c3ccc4c([N+](=O)[O-])ccc1c4c32. The smallest absolute Gasteiger partial charge is 0.346 e. The van der Waals surface area contributed by atoms with Crippen molar-refractivity contribution in [3.8, 4) is 0 Å². The Morgan fingerprint density at radius 1 is 0.640 bits per heavy atom. The molecule has 9 heteroatoms.